The number of benzene rings is 5. The van der Waals surface area contributed by atoms with Gasteiger partial charge in [0.15, 0.2) is 11.5 Å². The van der Waals surface area contributed by atoms with E-state index in [4.69, 9.17) is 4.74 Å². The third kappa shape index (κ3) is 1.81. The molecule has 1 aromatic heterocycles. The second-order valence-electron chi connectivity index (χ2n) is 9.33. The molecule has 4 heteroatoms. The molecule has 4 heterocycles. The highest BCUT2D eigenvalue weighted by Gasteiger charge is 2.44. The predicted octanol–water partition coefficient (Wildman–Crippen LogP) is 6.32. The molecule has 0 aliphatic carbocycles. The third-order valence-electron chi connectivity index (χ3n) is 7.75. The van der Waals surface area contributed by atoms with Crippen LogP contribution in [0.25, 0.3) is 32.9 Å². The summed E-state index contributed by atoms with van der Waals surface area (Å²) in [4.78, 5) is 2.41. The SMILES string of the molecule is c1ccc2c(c1)Oc1cccc3c1N2c1cccc2c1B3n1c3ccccc3c3cccc-2c31. The van der Waals surface area contributed by atoms with Crippen molar-refractivity contribution in [2.75, 3.05) is 4.90 Å². The van der Waals surface area contributed by atoms with Crippen molar-refractivity contribution in [1.82, 2.24) is 4.48 Å². The van der Waals surface area contributed by atoms with E-state index in [1.807, 2.05) is 6.07 Å². The molecule has 9 rings (SSSR count). The zero-order valence-corrected chi connectivity index (χ0v) is 18.2. The van der Waals surface area contributed by atoms with Gasteiger partial charge in [0.05, 0.1) is 11.4 Å². The smallest absolute Gasteiger partial charge is 0.333 e. The first-order valence-electron chi connectivity index (χ1n) is 11.7. The number of anilines is 3. The standard InChI is InChI=1S/C30H17BN2O/c1-2-13-23-18(8-1)20-10-5-11-21-19-9-6-15-25-28(19)31(33(23)29(20)21)22-12-7-17-27-30(22)32(25)24-14-3-4-16-26(24)34-27/h1-17H. The van der Waals surface area contributed by atoms with E-state index in [0.29, 0.717) is 0 Å². The van der Waals surface area contributed by atoms with Crippen molar-refractivity contribution in [1.29, 1.82) is 0 Å². The lowest BCUT2D eigenvalue weighted by Gasteiger charge is -2.43. The third-order valence-corrected chi connectivity index (χ3v) is 7.75. The number of hydrogen-bond acceptors (Lipinski definition) is 2. The zero-order valence-electron chi connectivity index (χ0n) is 18.2. The summed E-state index contributed by atoms with van der Waals surface area (Å²) in [5.74, 6) is 1.81. The van der Waals surface area contributed by atoms with Crippen molar-refractivity contribution >= 4 is 56.6 Å². The average Bonchev–Trinajstić information content (AvgIpc) is 3.23. The molecular formula is C30H17BN2O. The Balaban J connectivity index is 1.51. The Morgan fingerprint density at radius 3 is 2.32 bits per heavy atom. The average molecular weight is 432 g/mol. The van der Waals surface area contributed by atoms with Crippen molar-refractivity contribution in [3.63, 3.8) is 0 Å². The van der Waals surface area contributed by atoms with Gasteiger partial charge in [0, 0.05) is 33.1 Å². The lowest BCUT2D eigenvalue weighted by Crippen LogP contribution is -2.57. The molecule has 156 valence electrons. The molecule has 0 saturated heterocycles. The fourth-order valence-electron chi connectivity index (χ4n) is 6.53. The molecule has 0 radical (unpaired) electrons. The molecule has 3 nitrogen and oxygen atoms in total. The van der Waals surface area contributed by atoms with Crippen LogP contribution in [0.2, 0.25) is 0 Å². The molecule has 0 bridgehead atoms. The minimum atomic E-state index is 0.0866. The van der Waals surface area contributed by atoms with Crippen molar-refractivity contribution in [2.24, 2.45) is 0 Å². The second-order valence-corrected chi connectivity index (χ2v) is 9.33. The molecule has 0 atom stereocenters. The minimum absolute atomic E-state index is 0.0866. The summed E-state index contributed by atoms with van der Waals surface area (Å²) in [5.41, 5.74) is 11.4. The molecule has 0 amide bonds. The van der Waals surface area contributed by atoms with Crippen molar-refractivity contribution in [2.45, 2.75) is 0 Å². The van der Waals surface area contributed by atoms with Gasteiger partial charge in [-0.1, -0.05) is 72.8 Å². The van der Waals surface area contributed by atoms with E-state index in [1.54, 1.807) is 0 Å². The number of fused-ring (bicyclic) bond motifs is 9. The largest absolute Gasteiger partial charge is 0.453 e. The van der Waals surface area contributed by atoms with Gasteiger partial charge in [0.25, 0.3) is 0 Å². The van der Waals surface area contributed by atoms with Crippen LogP contribution in [-0.2, 0) is 0 Å². The van der Waals surface area contributed by atoms with E-state index < -0.39 is 0 Å². The number of para-hydroxylation sites is 5. The lowest BCUT2D eigenvalue weighted by molar-refractivity contribution is 0.477. The normalized spacial score (nSPS) is 14.0. The monoisotopic (exact) mass is 432 g/mol. The molecule has 5 aromatic carbocycles. The first-order valence-corrected chi connectivity index (χ1v) is 11.7. The summed E-state index contributed by atoms with van der Waals surface area (Å²) < 4.78 is 9.01. The molecule has 3 aliphatic rings. The zero-order chi connectivity index (χ0) is 22.0. The highest BCUT2D eigenvalue weighted by atomic mass is 16.5. The quantitative estimate of drug-likeness (QED) is 0.261. The fraction of sp³-hybridized carbons (Fsp3) is 0. The van der Waals surface area contributed by atoms with Crippen LogP contribution < -0.4 is 20.6 Å². The first-order chi connectivity index (χ1) is 16.9. The van der Waals surface area contributed by atoms with E-state index in [0.717, 1.165) is 22.9 Å². The van der Waals surface area contributed by atoms with Crippen LogP contribution in [0.15, 0.2) is 103 Å². The number of hydrogen-bond donors (Lipinski definition) is 0. The number of ether oxygens (including phenoxy) is 1. The topological polar surface area (TPSA) is 17.4 Å². The van der Waals surface area contributed by atoms with Gasteiger partial charge >= 0.3 is 6.85 Å². The van der Waals surface area contributed by atoms with Gasteiger partial charge in [0.1, 0.15) is 0 Å². The molecular weight excluding hydrogens is 415 g/mol. The maximum atomic E-state index is 6.44. The van der Waals surface area contributed by atoms with Crippen LogP contribution in [-0.4, -0.2) is 11.3 Å². The van der Waals surface area contributed by atoms with Gasteiger partial charge in [-0.15, -0.1) is 0 Å². The van der Waals surface area contributed by atoms with Gasteiger partial charge in [-0.2, -0.15) is 0 Å². The second kappa shape index (κ2) is 5.73. The lowest BCUT2D eigenvalue weighted by atomic mass is 9.45. The number of nitrogens with zero attached hydrogens (tertiary/aromatic N) is 2. The van der Waals surface area contributed by atoms with E-state index in [9.17, 15) is 0 Å². The summed E-state index contributed by atoms with van der Waals surface area (Å²) in [6.45, 7) is 0.0866. The van der Waals surface area contributed by atoms with Gasteiger partial charge in [-0.3, -0.25) is 0 Å². The maximum Gasteiger partial charge on any atom is 0.333 e. The molecule has 34 heavy (non-hydrogen) atoms. The number of aromatic nitrogens is 1. The summed E-state index contributed by atoms with van der Waals surface area (Å²) in [6, 6.07) is 37.2. The van der Waals surface area contributed by atoms with Gasteiger partial charge in [-0.25, -0.2) is 0 Å². The summed E-state index contributed by atoms with van der Waals surface area (Å²) in [6.07, 6.45) is 0. The van der Waals surface area contributed by atoms with Crippen molar-refractivity contribution in [3.8, 4) is 22.6 Å². The van der Waals surface area contributed by atoms with Gasteiger partial charge in [-0.05, 0) is 46.8 Å². The van der Waals surface area contributed by atoms with E-state index in [2.05, 4.69) is 106 Å². The Labute approximate surface area is 196 Å². The van der Waals surface area contributed by atoms with Crippen molar-refractivity contribution < 1.29 is 4.74 Å². The first kappa shape index (κ1) is 17.1. The molecule has 3 aliphatic heterocycles. The van der Waals surface area contributed by atoms with Crippen LogP contribution in [0, 0.1) is 0 Å². The van der Waals surface area contributed by atoms with Gasteiger partial charge in [0.2, 0.25) is 0 Å². The molecule has 0 N–H and O–H groups in total. The Hall–Kier alpha value is -4.44. The summed E-state index contributed by atoms with van der Waals surface area (Å²) in [7, 11) is 0. The maximum absolute atomic E-state index is 6.44. The summed E-state index contributed by atoms with van der Waals surface area (Å²) in [5, 5.41) is 2.63. The molecule has 0 spiro atoms. The van der Waals surface area contributed by atoms with Crippen LogP contribution in [0.5, 0.6) is 11.5 Å². The Kier molecular flexibility index (Phi) is 2.88. The van der Waals surface area contributed by atoms with E-state index in [1.165, 1.54) is 49.5 Å². The number of rotatable bonds is 0. The fourth-order valence-corrected chi connectivity index (χ4v) is 6.53. The van der Waals surface area contributed by atoms with Crippen LogP contribution in [0.3, 0.4) is 0 Å². The van der Waals surface area contributed by atoms with Crippen LogP contribution in [0.4, 0.5) is 17.1 Å². The highest BCUT2D eigenvalue weighted by molar-refractivity contribution is 6.90. The van der Waals surface area contributed by atoms with Crippen molar-refractivity contribution in [3.05, 3.63) is 103 Å². The molecule has 6 aromatic rings. The van der Waals surface area contributed by atoms with E-state index in [-0.39, 0.29) is 6.85 Å². The predicted molar refractivity (Wildman–Crippen MR) is 140 cm³/mol. The van der Waals surface area contributed by atoms with Gasteiger partial charge < -0.3 is 14.1 Å². The molecule has 0 unspecified atom stereocenters. The van der Waals surface area contributed by atoms with E-state index >= 15 is 0 Å². The minimum Gasteiger partial charge on any atom is -0.453 e. The Morgan fingerprint density at radius 1 is 0.588 bits per heavy atom. The highest BCUT2D eigenvalue weighted by Crippen LogP contribution is 2.52. The van der Waals surface area contributed by atoms with Crippen LogP contribution in [0.1, 0.15) is 0 Å². The summed E-state index contributed by atoms with van der Waals surface area (Å²) >= 11 is 0. The Bertz CT molecular complexity index is 1870. The van der Waals surface area contributed by atoms with Crippen LogP contribution >= 0.6 is 0 Å². The molecule has 0 saturated carbocycles. The molecule has 0 fully saturated rings. The Morgan fingerprint density at radius 2 is 1.32 bits per heavy atom.